The highest BCUT2D eigenvalue weighted by Crippen LogP contribution is 2.38. The van der Waals surface area contributed by atoms with Crippen LogP contribution in [0.1, 0.15) is 5.56 Å². The number of aryl methyl sites for hydroxylation is 1. The van der Waals surface area contributed by atoms with Crippen molar-refractivity contribution in [1.29, 1.82) is 0 Å². The molecular formula is C20H16ClN3OS. The van der Waals surface area contributed by atoms with Gasteiger partial charge in [-0.2, -0.15) is 4.98 Å². The minimum atomic E-state index is 0.232. The molecule has 0 aliphatic carbocycles. The van der Waals surface area contributed by atoms with Gasteiger partial charge in [-0.1, -0.05) is 24.3 Å². The molecule has 4 nitrogen and oxygen atoms in total. The van der Waals surface area contributed by atoms with Crippen LogP contribution >= 0.6 is 22.9 Å². The zero-order chi connectivity index (χ0) is 18.1. The van der Waals surface area contributed by atoms with Gasteiger partial charge in [0.1, 0.15) is 16.4 Å². The van der Waals surface area contributed by atoms with Crippen molar-refractivity contribution < 1.29 is 4.74 Å². The van der Waals surface area contributed by atoms with E-state index < -0.39 is 0 Å². The van der Waals surface area contributed by atoms with Gasteiger partial charge in [-0.15, -0.1) is 11.3 Å². The number of methoxy groups -OCH3 is 1. The van der Waals surface area contributed by atoms with E-state index in [2.05, 4.69) is 39.7 Å². The predicted molar refractivity (Wildman–Crippen MR) is 109 cm³/mol. The third-order valence-electron chi connectivity index (χ3n) is 4.09. The van der Waals surface area contributed by atoms with Crippen molar-refractivity contribution in [3.05, 3.63) is 64.8 Å². The number of anilines is 2. The van der Waals surface area contributed by atoms with Gasteiger partial charge in [-0.05, 0) is 53.9 Å². The first-order valence-corrected chi connectivity index (χ1v) is 9.32. The SMILES string of the molecule is COc1ccc(-c2csc3nc(Cl)nc(Nc4cccc(C)c4)c23)cc1. The van der Waals surface area contributed by atoms with Crippen molar-refractivity contribution in [3.63, 3.8) is 0 Å². The van der Waals surface area contributed by atoms with Crippen LogP contribution in [-0.2, 0) is 0 Å². The van der Waals surface area contributed by atoms with Gasteiger partial charge in [-0.25, -0.2) is 4.98 Å². The molecule has 0 amide bonds. The van der Waals surface area contributed by atoms with Gasteiger partial charge < -0.3 is 10.1 Å². The van der Waals surface area contributed by atoms with E-state index in [1.54, 1.807) is 18.4 Å². The first-order chi connectivity index (χ1) is 12.6. The number of nitrogens with zero attached hydrogens (tertiary/aromatic N) is 2. The van der Waals surface area contributed by atoms with E-state index in [4.69, 9.17) is 16.3 Å². The Morgan fingerprint density at radius 2 is 1.88 bits per heavy atom. The van der Waals surface area contributed by atoms with Gasteiger partial charge in [0.15, 0.2) is 0 Å². The third-order valence-corrected chi connectivity index (χ3v) is 5.13. The van der Waals surface area contributed by atoms with Crippen molar-refractivity contribution >= 4 is 44.7 Å². The summed E-state index contributed by atoms with van der Waals surface area (Å²) in [6.07, 6.45) is 0. The number of thiophene rings is 1. The summed E-state index contributed by atoms with van der Waals surface area (Å²) in [7, 11) is 1.66. The average molecular weight is 382 g/mol. The van der Waals surface area contributed by atoms with Crippen LogP contribution in [0.15, 0.2) is 53.9 Å². The molecule has 2 aromatic carbocycles. The Balaban J connectivity index is 1.84. The molecule has 6 heteroatoms. The largest absolute Gasteiger partial charge is 0.497 e. The Bertz CT molecular complexity index is 1080. The standard InChI is InChI=1S/C20H16ClN3OS/c1-12-4-3-5-14(10-12)22-18-17-16(11-26-19(17)24-20(21)23-18)13-6-8-15(25-2)9-7-13/h3-11H,1-2H3,(H,22,23,24). The van der Waals surface area contributed by atoms with E-state index in [9.17, 15) is 0 Å². The lowest BCUT2D eigenvalue weighted by molar-refractivity contribution is 0.415. The lowest BCUT2D eigenvalue weighted by Crippen LogP contribution is -1.97. The summed E-state index contributed by atoms with van der Waals surface area (Å²) in [5, 5.41) is 6.67. The van der Waals surface area contributed by atoms with Gasteiger partial charge in [0.2, 0.25) is 5.28 Å². The Hall–Kier alpha value is -2.63. The summed E-state index contributed by atoms with van der Waals surface area (Å²) < 4.78 is 5.25. The Morgan fingerprint density at radius 3 is 2.62 bits per heavy atom. The molecule has 0 radical (unpaired) electrons. The van der Waals surface area contributed by atoms with Gasteiger partial charge in [0, 0.05) is 16.6 Å². The molecule has 0 bridgehead atoms. The van der Waals surface area contributed by atoms with Crippen molar-refractivity contribution in [3.8, 4) is 16.9 Å². The number of ether oxygens (including phenoxy) is 1. The van der Waals surface area contributed by atoms with Crippen LogP contribution < -0.4 is 10.1 Å². The van der Waals surface area contributed by atoms with E-state index in [0.717, 1.165) is 32.8 Å². The maximum atomic E-state index is 6.14. The molecule has 4 rings (SSSR count). The number of fused-ring (bicyclic) bond motifs is 1. The van der Waals surface area contributed by atoms with E-state index in [0.29, 0.717) is 5.82 Å². The summed E-state index contributed by atoms with van der Waals surface area (Å²) in [6, 6.07) is 16.1. The van der Waals surface area contributed by atoms with Crippen LogP contribution in [0.25, 0.3) is 21.3 Å². The van der Waals surface area contributed by atoms with Crippen LogP contribution in [-0.4, -0.2) is 17.1 Å². The van der Waals surface area contributed by atoms with E-state index >= 15 is 0 Å². The first kappa shape index (κ1) is 16.8. The maximum Gasteiger partial charge on any atom is 0.225 e. The van der Waals surface area contributed by atoms with Gasteiger partial charge in [0.05, 0.1) is 12.5 Å². The van der Waals surface area contributed by atoms with Gasteiger partial charge in [-0.3, -0.25) is 0 Å². The molecule has 2 aromatic heterocycles. The number of nitrogens with one attached hydrogen (secondary N) is 1. The van der Waals surface area contributed by atoms with E-state index in [1.165, 1.54) is 5.56 Å². The third kappa shape index (κ3) is 3.23. The fourth-order valence-corrected chi connectivity index (χ4v) is 4.02. The highest BCUT2D eigenvalue weighted by atomic mass is 35.5. The van der Waals surface area contributed by atoms with Gasteiger partial charge >= 0.3 is 0 Å². The molecule has 0 unspecified atom stereocenters. The summed E-state index contributed by atoms with van der Waals surface area (Å²) in [5.74, 6) is 1.53. The van der Waals surface area contributed by atoms with Crippen molar-refractivity contribution in [2.24, 2.45) is 0 Å². The second kappa shape index (κ2) is 6.94. The zero-order valence-corrected chi connectivity index (χ0v) is 15.9. The molecule has 0 saturated heterocycles. The molecule has 0 spiro atoms. The predicted octanol–water partition coefficient (Wildman–Crippen LogP) is 6.07. The average Bonchev–Trinajstić information content (AvgIpc) is 3.06. The highest BCUT2D eigenvalue weighted by Gasteiger charge is 2.15. The molecule has 0 aliphatic heterocycles. The fourth-order valence-electron chi connectivity index (χ4n) is 2.85. The summed E-state index contributed by atoms with van der Waals surface area (Å²) >= 11 is 7.70. The molecule has 1 N–H and O–H groups in total. The zero-order valence-electron chi connectivity index (χ0n) is 14.3. The van der Waals surface area contributed by atoms with Crippen molar-refractivity contribution in [1.82, 2.24) is 9.97 Å². The van der Waals surface area contributed by atoms with Crippen molar-refractivity contribution in [2.75, 3.05) is 12.4 Å². The summed E-state index contributed by atoms with van der Waals surface area (Å²) in [4.78, 5) is 9.68. The Morgan fingerprint density at radius 1 is 1.08 bits per heavy atom. The number of rotatable bonds is 4. The summed E-state index contributed by atoms with van der Waals surface area (Å²) in [6.45, 7) is 2.06. The first-order valence-electron chi connectivity index (χ1n) is 8.07. The lowest BCUT2D eigenvalue weighted by atomic mass is 10.1. The molecule has 0 aliphatic rings. The Kier molecular flexibility index (Phi) is 4.49. The van der Waals surface area contributed by atoms with Crippen LogP contribution in [0, 0.1) is 6.92 Å². The van der Waals surface area contributed by atoms with E-state index in [-0.39, 0.29) is 5.28 Å². The van der Waals surface area contributed by atoms with Crippen LogP contribution in [0.3, 0.4) is 0 Å². The monoisotopic (exact) mass is 381 g/mol. The van der Waals surface area contributed by atoms with E-state index in [1.807, 2.05) is 36.4 Å². The molecule has 4 aromatic rings. The molecule has 26 heavy (non-hydrogen) atoms. The number of halogens is 1. The lowest BCUT2D eigenvalue weighted by Gasteiger charge is -2.10. The summed E-state index contributed by atoms with van der Waals surface area (Å²) in [5.41, 5.74) is 4.29. The van der Waals surface area contributed by atoms with Gasteiger partial charge in [0.25, 0.3) is 0 Å². The second-order valence-corrected chi connectivity index (χ2v) is 7.09. The minimum Gasteiger partial charge on any atom is -0.497 e. The van der Waals surface area contributed by atoms with Crippen LogP contribution in [0.5, 0.6) is 5.75 Å². The highest BCUT2D eigenvalue weighted by molar-refractivity contribution is 7.17. The normalized spacial score (nSPS) is 10.9. The molecule has 130 valence electrons. The number of aromatic nitrogens is 2. The van der Waals surface area contributed by atoms with Crippen LogP contribution in [0.2, 0.25) is 5.28 Å². The minimum absolute atomic E-state index is 0.232. The quantitative estimate of drug-likeness (QED) is 0.435. The number of hydrogen-bond donors (Lipinski definition) is 1. The second-order valence-electron chi connectivity index (χ2n) is 5.89. The molecule has 2 heterocycles. The maximum absolute atomic E-state index is 6.14. The molecule has 0 atom stereocenters. The smallest absolute Gasteiger partial charge is 0.225 e. The number of benzene rings is 2. The number of hydrogen-bond acceptors (Lipinski definition) is 5. The molecule has 0 saturated carbocycles. The fraction of sp³-hybridized carbons (Fsp3) is 0.100. The van der Waals surface area contributed by atoms with Crippen LogP contribution in [0.4, 0.5) is 11.5 Å². The topological polar surface area (TPSA) is 47.0 Å². The molecular weight excluding hydrogens is 366 g/mol. The Labute approximate surface area is 160 Å². The van der Waals surface area contributed by atoms with Crippen molar-refractivity contribution in [2.45, 2.75) is 6.92 Å². The molecule has 0 fully saturated rings.